The van der Waals surface area contributed by atoms with Gasteiger partial charge in [-0.25, -0.2) is 0 Å². The molecule has 0 aliphatic rings. The zero-order valence-corrected chi connectivity index (χ0v) is 12.5. The van der Waals surface area contributed by atoms with E-state index < -0.39 is 0 Å². The maximum atomic E-state index is 9.81. The van der Waals surface area contributed by atoms with E-state index in [2.05, 4.69) is 13.8 Å². The van der Waals surface area contributed by atoms with Crippen LogP contribution >= 0.6 is 0 Å². The highest BCUT2D eigenvalue weighted by Gasteiger charge is 2.06. The van der Waals surface area contributed by atoms with Crippen molar-refractivity contribution in [3.63, 3.8) is 0 Å². The molecule has 2 nitrogen and oxygen atoms in total. The van der Waals surface area contributed by atoms with Crippen LogP contribution in [0.4, 0.5) is 0 Å². The molecule has 0 aliphatic carbocycles. The maximum Gasteiger partial charge on any atom is 0.0540 e. The normalized spacial score (nSPS) is 14.7. The molecular weight excluding hydrogens is 224 g/mol. The van der Waals surface area contributed by atoms with Crippen LogP contribution in [0.1, 0.15) is 90.9 Å². The molecule has 0 saturated heterocycles. The van der Waals surface area contributed by atoms with E-state index in [1.165, 1.54) is 32.1 Å². The first-order chi connectivity index (χ1) is 8.70. The molecule has 2 heteroatoms. The molecule has 0 bridgehead atoms. The lowest BCUT2D eigenvalue weighted by Crippen LogP contribution is -2.08. The van der Waals surface area contributed by atoms with Crippen LogP contribution in [0.3, 0.4) is 0 Å². The summed E-state index contributed by atoms with van der Waals surface area (Å²) in [7, 11) is 0. The van der Waals surface area contributed by atoms with Crippen LogP contribution in [0.2, 0.25) is 0 Å². The molecule has 18 heavy (non-hydrogen) atoms. The molecule has 0 aliphatic heterocycles. The Labute approximate surface area is 114 Å². The summed E-state index contributed by atoms with van der Waals surface area (Å²) >= 11 is 0. The van der Waals surface area contributed by atoms with Crippen LogP contribution < -0.4 is 0 Å². The summed E-state index contributed by atoms with van der Waals surface area (Å²) in [6.07, 6.45) is 13.0. The number of aliphatic hydroxyl groups is 2. The minimum Gasteiger partial charge on any atom is -0.393 e. The Bertz CT molecular complexity index is 159. The maximum absolute atomic E-state index is 9.81. The Kier molecular flexibility index (Phi) is 13.3. The van der Waals surface area contributed by atoms with Crippen molar-refractivity contribution in [3.8, 4) is 0 Å². The summed E-state index contributed by atoms with van der Waals surface area (Å²) in [4.78, 5) is 0. The molecule has 0 fully saturated rings. The minimum absolute atomic E-state index is 0.116. The monoisotopic (exact) mass is 258 g/mol. The van der Waals surface area contributed by atoms with Gasteiger partial charge in [-0.15, -0.1) is 0 Å². The van der Waals surface area contributed by atoms with Gasteiger partial charge in [0.1, 0.15) is 0 Å². The summed E-state index contributed by atoms with van der Waals surface area (Å²) < 4.78 is 0. The molecule has 0 rings (SSSR count). The summed E-state index contributed by atoms with van der Waals surface area (Å²) in [5.41, 5.74) is 0. The van der Waals surface area contributed by atoms with Crippen LogP contribution in [0.5, 0.6) is 0 Å². The van der Waals surface area contributed by atoms with E-state index in [9.17, 15) is 10.2 Å². The van der Waals surface area contributed by atoms with Gasteiger partial charge in [0.05, 0.1) is 12.2 Å². The molecule has 0 spiro atoms. The van der Waals surface area contributed by atoms with E-state index in [-0.39, 0.29) is 12.2 Å². The average molecular weight is 258 g/mol. The second-order valence-corrected chi connectivity index (χ2v) is 5.58. The molecule has 2 N–H and O–H groups in total. The SMILES string of the molecule is CCCCCCCC(O)CCCCC(O)CCC. The summed E-state index contributed by atoms with van der Waals surface area (Å²) in [6, 6.07) is 0. The van der Waals surface area contributed by atoms with Crippen molar-refractivity contribution in [3.05, 3.63) is 0 Å². The fourth-order valence-electron chi connectivity index (χ4n) is 2.37. The molecule has 0 aromatic rings. The van der Waals surface area contributed by atoms with E-state index in [1.807, 2.05) is 0 Å². The zero-order chi connectivity index (χ0) is 13.6. The van der Waals surface area contributed by atoms with Gasteiger partial charge in [0, 0.05) is 0 Å². The first-order valence-corrected chi connectivity index (χ1v) is 8.06. The largest absolute Gasteiger partial charge is 0.393 e. The Hall–Kier alpha value is -0.0800. The Morgan fingerprint density at radius 3 is 1.50 bits per heavy atom. The van der Waals surface area contributed by atoms with Crippen LogP contribution in [0.15, 0.2) is 0 Å². The average Bonchev–Trinajstić information content (AvgIpc) is 2.35. The highest BCUT2D eigenvalue weighted by atomic mass is 16.3. The van der Waals surface area contributed by atoms with Crippen molar-refractivity contribution in [2.75, 3.05) is 0 Å². The third kappa shape index (κ3) is 12.4. The van der Waals surface area contributed by atoms with Crippen molar-refractivity contribution in [1.29, 1.82) is 0 Å². The van der Waals surface area contributed by atoms with E-state index >= 15 is 0 Å². The number of hydrogen-bond donors (Lipinski definition) is 2. The zero-order valence-electron chi connectivity index (χ0n) is 12.5. The van der Waals surface area contributed by atoms with Crippen molar-refractivity contribution < 1.29 is 10.2 Å². The molecule has 0 heterocycles. The molecule has 2 unspecified atom stereocenters. The smallest absolute Gasteiger partial charge is 0.0540 e. The van der Waals surface area contributed by atoms with Gasteiger partial charge in [0.15, 0.2) is 0 Å². The van der Waals surface area contributed by atoms with E-state index in [4.69, 9.17) is 0 Å². The standard InChI is InChI=1S/C16H34O2/c1-3-5-6-7-8-12-16(18)14-10-9-13-15(17)11-4-2/h15-18H,3-14H2,1-2H3. The van der Waals surface area contributed by atoms with Gasteiger partial charge in [0.2, 0.25) is 0 Å². The number of aliphatic hydroxyl groups excluding tert-OH is 2. The molecule has 110 valence electrons. The van der Waals surface area contributed by atoms with Crippen LogP contribution in [-0.4, -0.2) is 22.4 Å². The lowest BCUT2D eigenvalue weighted by atomic mass is 10.0. The Balaban J connectivity index is 3.23. The Morgan fingerprint density at radius 1 is 0.556 bits per heavy atom. The summed E-state index contributed by atoms with van der Waals surface area (Å²) in [6.45, 7) is 4.33. The van der Waals surface area contributed by atoms with Crippen LogP contribution in [0, 0.1) is 0 Å². The molecule has 0 aromatic carbocycles. The van der Waals surface area contributed by atoms with E-state index in [1.54, 1.807) is 0 Å². The van der Waals surface area contributed by atoms with E-state index in [0.717, 1.165) is 44.9 Å². The van der Waals surface area contributed by atoms with Crippen molar-refractivity contribution in [1.82, 2.24) is 0 Å². The summed E-state index contributed by atoms with van der Waals surface area (Å²) in [5, 5.41) is 19.4. The lowest BCUT2D eigenvalue weighted by Gasteiger charge is -2.12. The molecule has 0 radical (unpaired) electrons. The quantitative estimate of drug-likeness (QED) is 0.480. The second kappa shape index (κ2) is 13.4. The van der Waals surface area contributed by atoms with Gasteiger partial charge in [-0.1, -0.05) is 65.2 Å². The van der Waals surface area contributed by atoms with Gasteiger partial charge < -0.3 is 10.2 Å². The van der Waals surface area contributed by atoms with Gasteiger partial charge in [-0.3, -0.25) is 0 Å². The van der Waals surface area contributed by atoms with Crippen LogP contribution in [-0.2, 0) is 0 Å². The molecule has 0 saturated carbocycles. The lowest BCUT2D eigenvalue weighted by molar-refractivity contribution is 0.133. The Morgan fingerprint density at radius 2 is 1.00 bits per heavy atom. The number of hydrogen-bond acceptors (Lipinski definition) is 2. The van der Waals surface area contributed by atoms with Gasteiger partial charge >= 0.3 is 0 Å². The van der Waals surface area contributed by atoms with Crippen molar-refractivity contribution in [2.24, 2.45) is 0 Å². The van der Waals surface area contributed by atoms with Gasteiger partial charge in [-0.05, 0) is 25.7 Å². The minimum atomic E-state index is -0.124. The first-order valence-electron chi connectivity index (χ1n) is 8.06. The fourth-order valence-corrected chi connectivity index (χ4v) is 2.37. The fraction of sp³-hybridized carbons (Fsp3) is 1.00. The predicted octanol–water partition coefficient (Wildman–Crippen LogP) is 4.43. The highest BCUT2D eigenvalue weighted by molar-refractivity contribution is 4.59. The first kappa shape index (κ1) is 17.9. The van der Waals surface area contributed by atoms with E-state index in [0.29, 0.717) is 0 Å². The third-order valence-electron chi connectivity index (χ3n) is 3.59. The van der Waals surface area contributed by atoms with Gasteiger partial charge in [-0.2, -0.15) is 0 Å². The second-order valence-electron chi connectivity index (χ2n) is 5.58. The van der Waals surface area contributed by atoms with Crippen molar-refractivity contribution in [2.45, 2.75) is 103 Å². The molecular formula is C16H34O2. The predicted molar refractivity (Wildman–Crippen MR) is 78.8 cm³/mol. The van der Waals surface area contributed by atoms with Crippen molar-refractivity contribution >= 4 is 0 Å². The number of rotatable bonds is 13. The molecule has 0 amide bonds. The topological polar surface area (TPSA) is 40.5 Å². The molecule has 0 aromatic heterocycles. The third-order valence-corrected chi connectivity index (χ3v) is 3.59. The van der Waals surface area contributed by atoms with Crippen LogP contribution in [0.25, 0.3) is 0 Å². The summed E-state index contributed by atoms with van der Waals surface area (Å²) in [5.74, 6) is 0. The molecule has 2 atom stereocenters. The highest BCUT2D eigenvalue weighted by Crippen LogP contribution is 2.13. The van der Waals surface area contributed by atoms with Gasteiger partial charge in [0.25, 0.3) is 0 Å². The number of unbranched alkanes of at least 4 members (excludes halogenated alkanes) is 5.